The molecule has 0 amide bonds. The molecule has 0 aliphatic heterocycles. The molecule has 0 heterocycles. The molecule has 0 radical (unpaired) electrons. The van der Waals surface area contributed by atoms with Crippen LogP contribution in [0.4, 0.5) is 24.5 Å². The van der Waals surface area contributed by atoms with E-state index in [-0.39, 0.29) is 5.69 Å². The molecule has 0 saturated carbocycles. The van der Waals surface area contributed by atoms with Gasteiger partial charge in [0.25, 0.3) is 5.69 Å². The van der Waals surface area contributed by atoms with Gasteiger partial charge in [0.05, 0.1) is 11.3 Å². The van der Waals surface area contributed by atoms with Gasteiger partial charge in [-0.15, -0.1) is 0 Å². The van der Waals surface area contributed by atoms with E-state index in [2.05, 4.69) is 21.2 Å². The van der Waals surface area contributed by atoms with Crippen LogP contribution in [0.5, 0.6) is 0 Å². The summed E-state index contributed by atoms with van der Waals surface area (Å²) in [6.45, 7) is 1.39. The van der Waals surface area contributed by atoms with Gasteiger partial charge in [-0.3, -0.25) is 10.1 Å². The fourth-order valence-corrected chi connectivity index (χ4v) is 1.88. The highest BCUT2D eigenvalue weighted by Gasteiger charge is 2.30. The highest BCUT2D eigenvalue weighted by Crippen LogP contribution is 2.29. The number of anilines is 1. The summed E-state index contributed by atoms with van der Waals surface area (Å²) in [7, 11) is 0. The van der Waals surface area contributed by atoms with Gasteiger partial charge in [-0.25, -0.2) is 0 Å². The van der Waals surface area contributed by atoms with Gasteiger partial charge in [-0.1, -0.05) is 0 Å². The number of alkyl halides is 3. The Hall–Kier alpha value is -1.31. The lowest BCUT2D eigenvalue weighted by Gasteiger charge is -2.17. The first kappa shape index (κ1) is 14.7. The molecule has 1 atom stereocenters. The molecule has 0 fully saturated rings. The van der Waals surface area contributed by atoms with E-state index in [1.54, 1.807) is 0 Å². The monoisotopic (exact) mass is 326 g/mol. The number of nitro benzene ring substituents is 1. The fourth-order valence-electron chi connectivity index (χ4n) is 1.40. The first-order chi connectivity index (χ1) is 8.19. The second kappa shape index (κ2) is 5.55. The van der Waals surface area contributed by atoms with Crippen LogP contribution in [0.2, 0.25) is 0 Å². The normalized spacial score (nSPS) is 13.2. The van der Waals surface area contributed by atoms with Crippen LogP contribution >= 0.6 is 15.9 Å². The first-order valence-electron chi connectivity index (χ1n) is 4.96. The molecule has 1 aromatic rings. The molecule has 1 N–H and O–H groups in total. The molecule has 1 rings (SSSR count). The lowest BCUT2D eigenvalue weighted by molar-refractivity contribution is -0.384. The molecule has 0 aliphatic carbocycles. The maximum atomic E-state index is 12.1. The predicted molar refractivity (Wildman–Crippen MR) is 64.6 cm³/mol. The Bertz CT molecular complexity index is 451. The highest BCUT2D eigenvalue weighted by molar-refractivity contribution is 9.10. The number of nitrogens with one attached hydrogen (secondary N) is 1. The van der Waals surface area contributed by atoms with Crippen LogP contribution in [-0.4, -0.2) is 17.1 Å². The largest absolute Gasteiger partial charge is 0.391 e. The van der Waals surface area contributed by atoms with E-state index >= 15 is 0 Å². The summed E-state index contributed by atoms with van der Waals surface area (Å²) in [5.41, 5.74) is 0.258. The maximum absolute atomic E-state index is 12.1. The van der Waals surface area contributed by atoms with Gasteiger partial charge in [-0.05, 0) is 28.9 Å². The number of nitrogens with zero attached hydrogens (tertiary/aromatic N) is 1. The molecule has 1 aromatic carbocycles. The Labute approximate surface area is 109 Å². The lowest BCUT2D eigenvalue weighted by atomic mass is 10.2. The van der Waals surface area contributed by atoms with E-state index in [9.17, 15) is 23.3 Å². The molecule has 1 unspecified atom stereocenters. The zero-order valence-electron chi connectivity index (χ0n) is 9.29. The molecule has 0 saturated heterocycles. The van der Waals surface area contributed by atoms with Crippen molar-refractivity contribution in [2.45, 2.75) is 25.6 Å². The van der Waals surface area contributed by atoms with Crippen molar-refractivity contribution in [2.75, 3.05) is 5.32 Å². The first-order valence-corrected chi connectivity index (χ1v) is 5.75. The summed E-state index contributed by atoms with van der Waals surface area (Å²) in [5, 5.41) is 13.1. The Balaban J connectivity index is 2.77. The highest BCUT2D eigenvalue weighted by atomic mass is 79.9. The molecule has 0 aliphatic rings. The molecule has 100 valence electrons. The summed E-state index contributed by atoms with van der Waals surface area (Å²) < 4.78 is 36.8. The van der Waals surface area contributed by atoms with Crippen molar-refractivity contribution < 1.29 is 18.1 Å². The lowest BCUT2D eigenvalue weighted by Crippen LogP contribution is -2.24. The van der Waals surface area contributed by atoms with Crippen LogP contribution in [0.25, 0.3) is 0 Å². The van der Waals surface area contributed by atoms with Gasteiger partial charge in [0.1, 0.15) is 0 Å². The van der Waals surface area contributed by atoms with E-state index in [0.717, 1.165) is 0 Å². The number of nitro groups is 1. The minimum absolute atomic E-state index is 0.129. The van der Waals surface area contributed by atoms with Crippen LogP contribution in [-0.2, 0) is 0 Å². The molecular weight excluding hydrogens is 317 g/mol. The van der Waals surface area contributed by atoms with E-state index in [4.69, 9.17) is 0 Å². The third-order valence-electron chi connectivity index (χ3n) is 2.10. The quantitative estimate of drug-likeness (QED) is 0.669. The average molecular weight is 327 g/mol. The van der Waals surface area contributed by atoms with Crippen LogP contribution in [0.3, 0.4) is 0 Å². The minimum Gasteiger partial charge on any atom is -0.381 e. The Morgan fingerprint density at radius 1 is 1.50 bits per heavy atom. The van der Waals surface area contributed by atoms with E-state index in [1.165, 1.54) is 25.1 Å². The second-order valence-corrected chi connectivity index (χ2v) is 4.64. The predicted octanol–water partition coefficient (Wildman–Crippen LogP) is 4.11. The molecule has 4 nitrogen and oxygen atoms in total. The van der Waals surface area contributed by atoms with E-state index in [0.29, 0.717) is 10.2 Å². The maximum Gasteiger partial charge on any atom is 0.391 e. The zero-order valence-corrected chi connectivity index (χ0v) is 10.9. The zero-order chi connectivity index (χ0) is 13.9. The third kappa shape index (κ3) is 4.52. The molecule has 0 aromatic heterocycles. The fraction of sp³-hybridized carbons (Fsp3) is 0.400. The van der Waals surface area contributed by atoms with Crippen molar-refractivity contribution in [3.63, 3.8) is 0 Å². The molecule has 8 heteroatoms. The van der Waals surface area contributed by atoms with Crippen LogP contribution in [0, 0.1) is 10.1 Å². The van der Waals surface area contributed by atoms with Crippen molar-refractivity contribution in [1.29, 1.82) is 0 Å². The van der Waals surface area contributed by atoms with Crippen LogP contribution in [0.15, 0.2) is 22.7 Å². The van der Waals surface area contributed by atoms with Gasteiger partial charge >= 0.3 is 6.18 Å². The van der Waals surface area contributed by atoms with Crippen molar-refractivity contribution in [3.05, 3.63) is 32.8 Å². The van der Waals surface area contributed by atoms with Crippen molar-refractivity contribution >= 4 is 27.3 Å². The topological polar surface area (TPSA) is 55.2 Å². The van der Waals surface area contributed by atoms with Crippen molar-refractivity contribution in [3.8, 4) is 0 Å². The Morgan fingerprint density at radius 2 is 2.11 bits per heavy atom. The van der Waals surface area contributed by atoms with Gasteiger partial charge in [-0.2, -0.15) is 13.2 Å². The van der Waals surface area contributed by atoms with Gasteiger partial charge in [0.2, 0.25) is 0 Å². The SMILES string of the molecule is CC(CC(F)(F)F)Nc1ccc([N+](=O)[O-])cc1Br. The number of rotatable bonds is 4. The molecule has 0 bridgehead atoms. The van der Waals surface area contributed by atoms with Crippen LogP contribution < -0.4 is 5.32 Å². The number of non-ortho nitro benzene ring substituents is 1. The van der Waals surface area contributed by atoms with Gasteiger partial charge in [0.15, 0.2) is 0 Å². The Kier molecular flexibility index (Phi) is 4.55. The number of hydrogen-bond donors (Lipinski definition) is 1. The minimum atomic E-state index is -4.25. The van der Waals surface area contributed by atoms with Crippen molar-refractivity contribution in [1.82, 2.24) is 0 Å². The summed E-state index contributed by atoms with van der Waals surface area (Å²) in [6.07, 6.45) is -5.23. The smallest absolute Gasteiger partial charge is 0.381 e. The van der Waals surface area contributed by atoms with Crippen LogP contribution in [0.1, 0.15) is 13.3 Å². The average Bonchev–Trinajstić information content (AvgIpc) is 2.17. The molecule has 18 heavy (non-hydrogen) atoms. The summed E-state index contributed by atoms with van der Waals surface area (Å²) >= 11 is 3.08. The third-order valence-corrected chi connectivity index (χ3v) is 2.76. The Morgan fingerprint density at radius 3 is 2.56 bits per heavy atom. The number of hydrogen-bond acceptors (Lipinski definition) is 3. The summed E-state index contributed by atoms with van der Waals surface area (Å²) in [6, 6.07) is 3.02. The summed E-state index contributed by atoms with van der Waals surface area (Å²) in [5.74, 6) is 0. The summed E-state index contributed by atoms with van der Waals surface area (Å²) in [4.78, 5) is 9.91. The van der Waals surface area contributed by atoms with Gasteiger partial charge < -0.3 is 5.32 Å². The second-order valence-electron chi connectivity index (χ2n) is 3.79. The number of halogens is 4. The molecular formula is C10H10BrF3N2O2. The van der Waals surface area contributed by atoms with E-state index < -0.39 is 23.6 Å². The van der Waals surface area contributed by atoms with Crippen molar-refractivity contribution in [2.24, 2.45) is 0 Å². The molecule has 0 spiro atoms. The van der Waals surface area contributed by atoms with E-state index in [1.807, 2.05) is 0 Å². The number of benzene rings is 1. The van der Waals surface area contributed by atoms with Gasteiger partial charge in [0, 0.05) is 28.3 Å². The standard InChI is InChI=1S/C10H10BrF3N2O2/c1-6(5-10(12,13)14)15-9-3-2-7(16(17)18)4-8(9)11/h2-4,6,15H,5H2,1H3.